The van der Waals surface area contributed by atoms with Gasteiger partial charge in [-0.15, -0.1) is 0 Å². The van der Waals surface area contributed by atoms with E-state index in [2.05, 4.69) is 29.1 Å². The second-order valence-electron chi connectivity index (χ2n) is 4.75. The van der Waals surface area contributed by atoms with E-state index in [1.54, 1.807) is 6.20 Å². The summed E-state index contributed by atoms with van der Waals surface area (Å²) in [7, 11) is 0. The molecule has 0 saturated carbocycles. The van der Waals surface area contributed by atoms with Crippen LogP contribution in [0.25, 0.3) is 0 Å². The number of ether oxygens (including phenoxy) is 1. The number of H-pyrrole nitrogens is 1. The highest BCUT2D eigenvalue weighted by Crippen LogP contribution is 2.09. The van der Waals surface area contributed by atoms with Crippen molar-refractivity contribution in [2.75, 3.05) is 13.2 Å². The molecule has 1 atom stereocenters. The average molecular weight is 253 g/mol. The topological polar surface area (TPSA) is 67.0 Å². The third-order valence-corrected chi connectivity index (χ3v) is 2.56. The van der Waals surface area contributed by atoms with Gasteiger partial charge in [0.25, 0.3) is 5.56 Å². The van der Waals surface area contributed by atoms with Crippen molar-refractivity contribution < 1.29 is 4.74 Å². The fraction of sp³-hybridized carbons (Fsp3) is 0.692. The quantitative estimate of drug-likeness (QED) is 0.775. The molecule has 102 valence electrons. The van der Waals surface area contributed by atoms with Gasteiger partial charge in [-0.3, -0.25) is 4.79 Å². The van der Waals surface area contributed by atoms with Crippen LogP contribution in [0.4, 0.5) is 0 Å². The molecule has 5 heteroatoms. The molecule has 1 unspecified atom stereocenters. The molecule has 5 nitrogen and oxygen atoms in total. The van der Waals surface area contributed by atoms with Crippen molar-refractivity contribution >= 4 is 0 Å². The van der Waals surface area contributed by atoms with E-state index < -0.39 is 0 Å². The van der Waals surface area contributed by atoms with Crippen LogP contribution < -0.4 is 10.9 Å². The van der Waals surface area contributed by atoms with Gasteiger partial charge in [-0.2, -0.15) is 0 Å². The third-order valence-electron chi connectivity index (χ3n) is 2.56. The highest BCUT2D eigenvalue weighted by molar-refractivity contribution is 5.06. The molecule has 0 fully saturated rings. The minimum absolute atomic E-state index is 0.0946. The van der Waals surface area contributed by atoms with Crippen molar-refractivity contribution in [3.8, 4) is 0 Å². The number of nitrogens with zero attached hydrogens (tertiary/aromatic N) is 1. The van der Waals surface area contributed by atoms with Crippen LogP contribution in [0.1, 0.15) is 45.2 Å². The van der Waals surface area contributed by atoms with Crippen LogP contribution in [-0.2, 0) is 11.3 Å². The molecule has 1 heterocycles. The monoisotopic (exact) mass is 253 g/mol. The molecule has 0 amide bonds. The van der Waals surface area contributed by atoms with Gasteiger partial charge in [0, 0.05) is 24.9 Å². The van der Waals surface area contributed by atoms with Crippen molar-refractivity contribution in [2.45, 2.75) is 40.3 Å². The zero-order valence-corrected chi connectivity index (χ0v) is 11.6. The van der Waals surface area contributed by atoms with E-state index in [0.717, 1.165) is 6.54 Å². The lowest BCUT2D eigenvalue weighted by Gasteiger charge is -2.11. The number of hydrogen-bond acceptors (Lipinski definition) is 4. The summed E-state index contributed by atoms with van der Waals surface area (Å²) in [6.45, 7) is 10.1. The summed E-state index contributed by atoms with van der Waals surface area (Å²) in [6, 6.07) is 0. The van der Waals surface area contributed by atoms with Gasteiger partial charge in [0.05, 0.1) is 0 Å². The van der Waals surface area contributed by atoms with E-state index >= 15 is 0 Å². The molecule has 18 heavy (non-hydrogen) atoms. The van der Waals surface area contributed by atoms with E-state index in [9.17, 15) is 4.79 Å². The van der Waals surface area contributed by atoms with E-state index in [1.165, 1.54) is 0 Å². The summed E-state index contributed by atoms with van der Waals surface area (Å²) >= 11 is 0. The molecule has 0 saturated heterocycles. The number of aromatic nitrogens is 2. The Labute approximate surface area is 108 Å². The largest absolute Gasteiger partial charge is 0.371 e. The minimum atomic E-state index is -0.180. The summed E-state index contributed by atoms with van der Waals surface area (Å²) in [5.74, 6) is 1.14. The first-order chi connectivity index (χ1) is 8.54. The average Bonchev–Trinajstić information content (AvgIpc) is 2.31. The van der Waals surface area contributed by atoms with Crippen molar-refractivity contribution in [3.63, 3.8) is 0 Å². The molecule has 1 aromatic rings. The molecule has 0 radical (unpaired) electrons. The van der Waals surface area contributed by atoms with Crippen LogP contribution in [0.15, 0.2) is 11.0 Å². The van der Waals surface area contributed by atoms with Gasteiger partial charge in [-0.25, -0.2) is 4.98 Å². The zero-order valence-electron chi connectivity index (χ0n) is 11.6. The maximum atomic E-state index is 11.8. The summed E-state index contributed by atoms with van der Waals surface area (Å²) in [6.07, 6.45) is 1.44. The van der Waals surface area contributed by atoms with Crippen LogP contribution >= 0.6 is 0 Å². The molecule has 2 N–H and O–H groups in total. The van der Waals surface area contributed by atoms with Gasteiger partial charge in [0.1, 0.15) is 11.9 Å². The van der Waals surface area contributed by atoms with Crippen LogP contribution in [0.5, 0.6) is 0 Å². The molecule has 0 aromatic carbocycles. The first kappa shape index (κ1) is 14.9. The lowest BCUT2D eigenvalue weighted by molar-refractivity contribution is 0.0698. The number of nitrogens with one attached hydrogen (secondary N) is 2. The van der Waals surface area contributed by atoms with Crippen molar-refractivity contribution in [3.05, 3.63) is 27.9 Å². The molecule has 0 aliphatic heterocycles. The first-order valence-electron chi connectivity index (χ1n) is 6.45. The number of hydrogen-bond donors (Lipinski definition) is 2. The first-order valence-corrected chi connectivity index (χ1v) is 6.45. The molecular formula is C13H23N3O2. The fourth-order valence-electron chi connectivity index (χ4n) is 1.59. The molecule has 0 bridgehead atoms. The number of rotatable bonds is 7. The Morgan fingerprint density at radius 1 is 1.44 bits per heavy atom. The van der Waals surface area contributed by atoms with Crippen molar-refractivity contribution in [1.29, 1.82) is 0 Å². The summed E-state index contributed by atoms with van der Waals surface area (Å²) in [5, 5.41) is 3.22. The number of aromatic amines is 1. The molecule has 0 aliphatic carbocycles. The molecule has 0 spiro atoms. The summed E-state index contributed by atoms with van der Waals surface area (Å²) < 4.78 is 5.39. The van der Waals surface area contributed by atoms with Crippen molar-refractivity contribution in [1.82, 2.24) is 15.3 Å². The van der Waals surface area contributed by atoms with Gasteiger partial charge < -0.3 is 15.0 Å². The maximum absolute atomic E-state index is 11.8. The van der Waals surface area contributed by atoms with Crippen molar-refractivity contribution in [2.24, 2.45) is 5.92 Å². The molecule has 1 rings (SSSR count). The van der Waals surface area contributed by atoms with Gasteiger partial charge in [0.2, 0.25) is 0 Å². The predicted molar refractivity (Wildman–Crippen MR) is 71.4 cm³/mol. The van der Waals surface area contributed by atoms with Gasteiger partial charge >= 0.3 is 0 Å². The van der Waals surface area contributed by atoms with Gasteiger partial charge in [-0.1, -0.05) is 13.8 Å². The zero-order chi connectivity index (χ0) is 13.5. The lowest BCUT2D eigenvalue weighted by atomic mass is 10.2. The Bertz CT molecular complexity index is 415. The molecule has 1 aromatic heterocycles. The fourth-order valence-corrected chi connectivity index (χ4v) is 1.59. The highest BCUT2D eigenvalue weighted by Gasteiger charge is 2.09. The standard InChI is InChI=1S/C13H23N3O2/c1-5-18-10(4)12-15-8-11(13(17)16-12)7-14-6-9(2)3/h8-10,14H,5-7H2,1-4H3,(H,15,16,17). The SMILES string of the molecule is CCOC(C)c1ncc(CNCC(C)C)c(=O)[nH]1. The smallest absolute Gasteiger partial charge is 0.255 e. The van der Waals surface area contributed by atoms with Gasteiger partial charge in [0.15, 0.2) is 0 Å². The molecular weight excluding hydrogens is 230 g/mol. The van der Waals surface area contributed by atoms with E-state index in [0.29, 0.717) is 30.5 Å². The second kappa shape index (κ2) is 7.28. The summed E-state index contributed by atoms with van der Waals surface area (Å²) in [5.41, 5.74) is 0.561. The molecule has 0 aliphatic rings. The Kier molecular flexibility index (Phi) is 6.01. The van der Waals surface area contributed by atoms with Crippen LogP contribution in [-0.4, -0.2) is 23.1 Å². The van der Waals surface area contributed by atoms with E-state index in [4.69, 9.17) is 4.74 Å². The second-order valence-corrected chi connectivity index (χ2v) is 4.75. The normalized spacial score (nSPS) is 12.9. The van der Waals surface area contributed by atoms with Gasteiger partial charge in [-0.05, 0) is 26.3 Å². The third kappa shape index (κ3) is 4.58. The van der Waals surface area contributed by atoms with E-state index in [-0.39, 0.29) is 11.7 Å². The van der Waals surface area contributed by atoms with Crippen LogP contribution in [0, 0.1) is 5.92 Å². The summed E-state index contributed by atoms with van der Waals surface area (Å²) in [4.78, 5) is 18.8. The Morgan fingerprint density at radius 3 is 2.72 bits per heavy atom. The minimum Gasteiger partial charge on any atom is -0.371 e. The Morgan fingerprint density at radius 2 is 2.17 bits per heavy atom. The predicted octanol–water partition coefficient (Wildman–Crippen LogP) is 1.61. The maximum Gasteiger partial charge on any atom is 0.255 e. The Hall–Kier alpha value is -1.20. The van der Waals surface area contributed by atoms with E-state index in [1.807, 2.05) is 13.8 Å². The highest BCUT2D eigenvalue weighted by atomic mass is 16.5. The lowest BCUT2D eigenvalue weighted by Crippen LogP contribution is -2.25. The van der Waals surface area contributed by atoms with Crippen LogP contribution in [0.3, 0.4) is 0 Å². The Balaban J connectivity index is 2.65. The van der Waals surface area contributed by atoms with Crippen LogP contribution in [0.2, 0.25) is 0 Å².